The Morgan fingerprint density at radius 2 is 1.81 bits per heavy atom. The molecule has 1 atom stereocenters. The van der Waals surface area contributed by atoms with Crippen LogP contribution in [0.1, 0.15) is 24.1 Å². The molecule has 2 N–H and O–H groups in total. The first-order valence-electron chi connectivity index (χ1n) is 8.12. The summed E-state index contributed by atoms with van der Waals surface area (Å²) in [6.45, 7) is 1.86. The van der Waals surface area contributed by atoms with Gasteiger partial charge in [0.1, 0.15) is 0 Å². The van der Waals surface area contributed by atoms with Crippen LogP contribution in [-0.2, 0) is 16.6 Å². The largest absolute Gasteiger partial charge is 0.334 e. The van der Waals surface area contributed by atoms with Crippen molar-refractivity contribution in [3.05, 3.63) is 63.6 Å². The summed E-state index contributed by atoms with van der Waals surface area (Å²) in [5.74, 6) is 0. The number of amides is 2. The van der Waals surface area contributed by atoms with Crippen molar-refractivity contribution in [1.29, 1.82) is 0 Å². The molecule has 146 valence electrons. The molecule has 6 nitrogen and oxygen atoms in total. The van der Waals surface area contributed by atoms with E-state index in [0.717, 1.165) is 9.87 Å². The van der Waals surface area contributed by atoms with E-state index in [2.05, 4.69) is 10.6 Å². The van der Waals surface area contributed by atoms with Crippen molar-refractivity contribution in [1.82, 2.24) is 14.9 Å². The average molecular weight is 430 g/mol. The van der Waals surface area contributed by atoms with Crippen molar-refractivity contribution in [3.63, 3.8) is 0 Å². The molecule has 2 amide bonds. The monoisotopic (exact) mass is 429 g/mol. The van der Waals surface area contributed by atoms with Gasteiger partial charge in [0.2, 0.25) is 10.0 Å². The molecule has 0 spiro atoms. The van der Waals surface area contributed by atoms with E-state index in [4.69, 9.17) is 23.2 Å². The zero-order valence-electron chi connectivity index (χ0n) is 15.2. The van der Waals surface area contributed by atoms with Crippen LogP contribution in [0, 0.1) is 0 Å². The first-order valence-corrected chi connectivity index (χ1v) is 10.3. The molecule has 0 saturated heterocycles. The van der Waals surface area contributed by atoms with Gasteiger partial charge in [-0.15, -0.1) is 0 Å². The molecule has 2 aromatic carbocycles. The van der Waals surface area contributed by atoms with Gasteiger partial charge >= 0.3 is 6.03 Å². The van der Waals surface area contributed by atoms with Crippen molar-refractivity contribution in [2.45, 2.75) is 24.4 Å². The minimum absolute atomic E-state index is 0.0656. The summed E-state index contributed by atoms with van der Waals surface area (Å²) >= 11 is 12.0. The van der Waals surface area contributed by atoms with E-state index >= 15 is 0 Å². The molecule has 27 heavy (non-hydrogen) atoms. The first kappa shape index (κ1) is 21.5. The minimum Gasteiger partial charge on any atom is -0.334 e. The third-order valence-electron chi connectivity index (χ3n) is 3.95. The fraction of sp³-hybridized carbons (Fsp3) is 0.278. The number of benzene rings is 2. The van der Waals surface area contributed by atoms with Crippen LogP contribution in [0.3, 0.4) is 0 Å². The van der Waals surface area contributed by atoms with Gasteiger partial charge in [-0.2, -0.15) is 0 Å². The van der Waals surface area contributed by atoms with Crippen LogP contribution in [0.5, 0.6) is 0 Å². The molecule has 2 rings (SSSR count). The second-order valence-corrected chi connectivity index (χ2v) is 9.07. The van der Waals surface area contributed by atoms with Crippen LogP contribution in [0.4, 0.5) is 4.79 Å². The van der Waals surface area contributed by atoms with Gasteiger partial charge in [0.05, 0.1) is 10.9 Å². The Morgan fingerprint density at radius 1 is 1.15 bits per heavy atom. The highest BCUT2D eigenvalue weighted by Gasteiger charge is 2.21. The maximum Gasteiger partial charge on any atom is 0.315 e. The van der Waals surface area contributed by atoms with Gasteiger partial charge in [0, 0.05) is 30.7 Å². The van der Waals surface area contributed by atoms with Crippen molar-refractivity contribution < 1.29 is 13.2 Å². The summed E-state index contributed by atoms with van der Waals surface area (Å²) in [5.41, 5.74) is 1.23. The van der Waals surface area contributed by atoms with Crippen LogP contribution < -0.4 is 10.6 Å². The molecule has 0 aliphatic rings. The van der Waals surface area contributed by atoms with Gasteiger partial charge in [0.25, 0.3) is 0 Å². The van der Waals surface area contributed by atoms with E-state index in [1.807, 2.05) is 0 Å². The van der Waals surface area contributed by atoms with Crippen molar-refractivity contribution in [3.8, 4) is 0 Å². The highest BCUT2D eigenvalue weighted by atomic mass is 35.5. The molecule has 0 aliphatic carbocycles. The molecule has 9 heteroatoms. The normalized spacial score (nSPS) is 12.7. The number of hydrogen-bond donors (Lipinski definition) is 2. The molecule has 0 saturated carbocycles. The number of sulfonamides is 1. The fourth-order valence-corrected chi connectivity index (χ4v) is 4.14. The lowest BCUT2D eigenvalue weighted by molar-refractivity contribution is 0.237. The Kier molecular flexibility index (Phi) is 7.11. The smallest absolute Gasteiger partial charge is 0.315 e. The topological polar surface area (TPSA) is 78.5 Å². The van der Waals surface area contributed by atoms with Crippen molar-refractivity contribution in [2.24, 2.45) is 0 Å². The quantitative estimate of drug-likeness (QED) is 0.732. The fourth-order valence-electron chi connectivity index (χ4n) is 2.45. The number of nitrogens with one attached hydrogen (secondary N) is 2. The van der Waals surface area contributed by atoms with Gasteiger partial charge < -0.3 is 10.6 Å². The lowest BCUT2D eigenvalue weighted by Crippen LogP contribution is -2.37. The zero-order chi connectivity index (χ0) is 20.2. The summed E-state index contributed by atoms with van der Waals surface area (Å²) in [7, 11) is -0.675. The predicted octanol–water partition coefficient (Wildman–Crippen LogP) is 3.80. The standard InChI is InChI=1S/C18H21Cl2N3O3S/c1-12(15-9-8-14(19)10-16(15)20)22-18(24)21-11-13-6-4-5-7-17(13)27(25,26)23(2)3/h4-10,12H,11H2,1-3H3,(H2,21,22,24). The number of carbonyl (C=O) groups is 1. The van der Waals surface area contributed by atoms with Crippen LogP contribution in [-0.4, -0.2) is 32.8 Å². The number of carbonyl (C=O) groups excluding carboxylic acids is 1. The third kappa shape index (κ3) is 5.35. The second-order valence-electron chi connectivity index (χ2n) is 6.11. The Hall–Kier alpha value is -1.80. The summed E-state index contributed by atoms with van der Waals surface area (Å²) < 4.78 is 25.9. The minimum atomic E-state index is -3.60. The molecule has 1 unspecified atom stereocenters. The molecule has 2 aromatic rings. The van der Waals surface area contributed by atoms with E-state index in [1.54, 1.807) is 43.3 Å². The molecule has 0 aliphatic heterocycles. The lowest BCUT2D eigenvalue weighted by atomic mass is 10.1. The Bertz CT molecular complexity index is 933. The van der Waals surface area contributed by atoms with E-state index in [-0.39, 0.29) is 17.5 Å². The highest BCUT2D eigenvalue weighted by molar-refractivity contribution is 7.89. The Morgan fingerprint density at radius 3 is 2.44 bits per heavy atom. The zero-order valence-corrected chi connectivity index (χ0v) is 17.5. The second kappa shape index (κ2) is 8.93. The maximum absolute atomic E-state index is 12.4. The van der Waals surface area contributed by atoms with E-state index in [1.165, 1.54) is 20.2 Å². The Balaban J connectivity index is 2.06. The van der Waals surface area contributed by atoms with Gasteiger partial charge in [0.15, 0.2) is 0 Å². The van der Waals surface area contributed by atoms with Gasteiger partial charge in [-0.25, -0.2) is 17.5 Å². The number of halogens is 2. The summed E-state index contributed by atoms with van der Waals surface area (Å²) in [6.07, 6.45) is 0. The predicted molar refractivity (Wildman–Crippen MR) is 108 cm³/mol. The van der Waals surface area contributed by atoms with E-state index in [0.29, 0.717) is 15.6 Å². The number of nitrogens with zero attached hydrogens (tertiary/aromatic N) is 1. The third-order valence-corrected chi connectivity index (χ3v) is 6.43. The number of hydrogen-bond acceptors (Lipinski definition) is 3. The average Bonchev–Trinajstić information content (AvgIpc) is 2.59. The number of urea groups is 1. The van der Waals surface area contributed by atoms with Gasteiger partial charge in [-0.05, 0) is 36.2 Å². The molecular formula is C18H21Cl2N3O3S. The van der Waals surface area contributed by atoms with Crippen molar-refractivity contribution in [2.75, 3.05) is 14.1 Å². The van der Waals surface area contributed by atoms with Crippen LogP contribution in [0.25, 0.3) is 0 Å². The SMILES string of the molecule is CC(NC(=O)NCc1ccccc1S(=O)(=O)N(C)C)c1ccc(Cl)cc1Cl. The van der Waals surface area contributed by atoms with Crippen molar-refractivity contribution >= 4 is 39.3 Å². The molecule has 0 fully saturated rings. The number of rotatable bonds is 6. The van der Waals surface area contributed by atoms with Gasteiger partial charge in [-0.1, -0.05) is 47.5 Å². The molecule has 0 radical (unpaired) electrons. The summed E-state index contributed by atoms with van der Waals surface area (Å²) in [6, 6.07) is 10.8. The summed E-state index contributed by atoms with van der Waals surface area (Å²) in [4.78, 5) is 12.4. The molecular weight excluding hydrogens is 409 g/mol. The first-order chi connectivity index (χ1) is 12.6. The van der Waals surface area contributed by atoms with Crippen LogP contribution >= 0.6 is 23.2 Å². The molecule has 0 heterocycles. The van der Waals surface area contributed by atoms with Crippen LogP contribution in [0.2, 0.25) is 10.0 Å². The van der Waals surface area contributed by atoms with Gasteiger partial charge in [-0.3, -0.25) is 0 Å². The van der Waals surface area contributed by atoms with Crippen LogP contribution in [0.15, 0.2) is 47.4 Å². The molecule has 0 bridgehead atoms. The Labute approximate surface area is 169 Å². The lowest BCUT2D eigenvalue weighted by Gasteiger charge is -2.18. The maximum atomic E-state index is 12.4. The van der Waals surface area contributed by atoms with E-state index < -0.39 is 16.1 Å². The molecule has 0 aromatic heterocycles. The summed E-state index contributed by atoms with van der Waals surface area (Å²) in [5, 5.41) is 6.42. The van der Waals surface area contributed by atoms with E-state index in [9.17, 15) is 13.2 Å². The highest BCUT2D eigenvalue weighted by Crippen LogP contribution is 2.26.